The van der Waals surface area contributed by atoms with Crippen molar-refractivity contribution in [3.05, 3.63) is 35.9 Å². The lowest BCUT2D eigenvalue weighted by Gasteiger charge is -2.31. The first-order valence-corrected chi connectivity index (χ1v) is 9.16. The molecule has 0 aliphatic rings. The van der Waals surface area contributed by atoms with Crippen molar-refractivity contribution in [1.29, 1.82) is 0 Å². The Morgan fingerprint density at radius 3 is 2.14 bits per heavy atom. The fourth-order valence-corrected chi connectivity index (χ4v) is 2.55. The van der Waals surface area contributed by atoms with Crippen LogP contribution in [0.4, 0.5) is 9.59 Å². The van der Waals surface area contributed by atoms with E-state index in [-0.39, 0.29) is 18.9 Å². The lowest BCUT2D eigenvalue weighted by molar-refractivity contribution is -0.137. The molecule has 1 aromatic rings. The Balaban J connectivity index is 2.79. The molecule has 0 fully saturated rings. The van der Waals surface area contributed by atoms with Gasteiger partial charge in [0.25, 0.3) is 0 Å². The third-order valence-electron chi connectivity index (χ3n) is 3.75. The second-order valence-corrected chi connectivity index (χ2v) is 7.83. The van der Waals surface area contributed by atoms with E-state index in [9.17, 15) is 19.5 Å². The summed E-state index contributed by atoms with van der Waals surface area (Å²) in [6.07, 6.45) is -1.81. The zero-order chi connectivity index (χ0) is 21.3. The van der Waals surface area contributed by atoms with Crippen LogP contribution in [0.3, 0.4) is 0 Å². The van der Waals surface area contributed by atoms with E-state index in [1.54, 1.807) is 20.8 Å². The molecule has 8 heteroatoms. The minimum Gasteiger partial charge on any atom is -0.481 e. The molecule has 0 radical (unpaired) electrons. The molecule has 0 heterocycles. The van der Waals surface area contributed by atoms with Gasteiger partial charge in [0.1, 0.15) is 12.2 Å². The second kappa shape index (κ2) is 10.5. The van der Waals surface area contributed by atoms with Crippen LogP contribution in [-0.4, -0.2) is 40.9 Å². The average Bonchev–Trinajstić information content (AvgIpc) is 2.56. The van der Waals surface area contributed by atoms with E-state index >= 15 is 0 Å². The molecule has 0 unspecified atom stereocenters. The fourth-order valence-electron chi connectivity index (χ4n) is 2.55. The van der Waals surface area contributed by atoms with Crippen molar-refractivity contribution in [2.24, 2.45) is 5.92 Å². The van der Waals surface area contributed by atoms with Gasteiger partial charge in [0, 0.05) is 0 Å². The number of ether oxygens (including phenoxy) is 2. The number of carboxylic acids is 1. The number of carbonyl (C=O) groups is 3. The van der Waals surface area contributed by atoms with Crippen molar-refractivity contribution in [2.75, 3.05) is 0 Å². The zero-order valence-corrected chi connectivity index (χ0v) is 17.0. The number of aliphatic carboxylic acids is 1. The molecule has 0 saturated carbocycles. The van der Waals surface area contributed by atoms with Crippen LogP contribution in [0.1, 0.15) is 46.6 Å². The second-order valence-electron chi connectivity index (χ2n) is 7.83. The summed E-state index contributed by atoms with van der Waals surface area (Å²) in [7, 11) is 0. The number of carboxylic acid groups (broad SMARTS) is 1. The molecule has 156 valence electrons. The molecule has 0 aliphatic heterocycles. The number of alkyl carbamates (subject to hydrolysis) is 2. The first-order valence-electron chi connectivity index (χ1n) is 9.16. The minimum atomic E-state index is -1.11. The summed E-state index contributed by atoms with van der Waals surface area (Å²) in [5.74, 6) is -1.27. The molecule has 1 rings (SSSR count). The Bertz CT molecular complexity index is 654. The Hall–Kier alpha value is -2.77. The highest BCUT2D eigenvalue weighted by atomic mass is 16.6. The van der Waals surface area contributed by atoms with Gasteiger partial charge in [0.15, 0.2) is 0 Å². The molecule has 1 aromatic carbocycles. The molecule has 0 saturated heterocycles. The highest BCUT2D eigenvalue weighted by Crippen LogP contribution is 2.13. The van der Waals surface area contributed by atoms with Crippen LogP contribution in [0.5, 0.6) is 0 Å². The molecule has 2 atom stereocenters. The normalized spacial score (nSPS) is 13.4. The van der Waals surface area contributed by atoms with Crippen molar-refractivity contribution >= 4 is 18.2 Å². The van der Waals surface area contributed by atoms with E-state index in [0.29, 0.717) is 0 Å². The van der Waals surface area contributed by atoms with Gasteiger partial charge < -0.3 is 25.2 Å². The van der Waals surface area contributed by atoms with Crippen molar-refractivity contribution in [3.63, 3.8) is 0 Å². The molecular formula is C20H30N2O6. The predicted octanol–water partition coefficient (Wildman–Crippen LogP) is 3.31. The van der Waals surface area contributed by atoms with Gasteiger partial charge in [-0.3, -0.25) is 4.79 Å². The fraction of sp³-hybridized carbons (Fsp3) is 0.550. The summed E-state index contributed by atoms with van der Waals surface area (Å²) in [5, 5.41) is 14.4. The smallest absolute Gasteiger partial charge is 0.407 e. The van der Waals surface area contributed by atoms with E-state index < -0.39 is 35.8 Å². The monoisotopic (exact) mass is 394 g/mol. The Morgan fingerprint density at radius 2 is 1.64 bits per heavy atom. The Kier molecular flexibility index (Phi) is 8.76. The Labute approximate surface area is 165 Å². The molecule has 28 heavy (non-hydrogen) atoms. The van der Waals surface area contributed by atoms with E-state index in [1.807, 2.05) is 44.2 Å². The molecule has 2 amide bonds. The van der Waals surface area contributed by atoms with Gasteiger partial charge >= 0.3 is 18.2 Å². The molecule has 0 aliphatic carbocycles. The number of benzene rings is 1. The van der Waals surface area contributed by atoms with E-state index in [1.165, 1.54) is 0 Å². The van der Waals surface area contributed by atoms with Crippen LogP contribution >= 0.6 is 0 Å². The van der Waals surface area contributed by atoms with Gasteiger partial charge in [0.2, 0.25) is 0 Å². The van der Waals surface area contributed by atoms with Gasteiger partial charge in [-0.1, -0.05) is 44.2 Å². The van der Waals surface area contributed by atoms with Crippen LogP contribution in [0.2, 0.25) is 0 Å². The maximum absolute atomic E-state index is 12.2. The van der Waals surface area contributed by atoms with Gasteiger partial charge in [-0.2, -0.15) is 0 Å². The standard InChI is InChI=1S/C20H30N2O6/c1-13(2)17(22-19(26)28-20(3,4)5)15(11-16(23)24)21-18(25)27-12-14-9-7-6-8-10-14/h6-10,13,15,17H,11-12H2,1-5H3,(H,21,25)(H,22,26)(H,23,24)/t15-,17+/m1/s1. The molecule has 0 spiro atoms. The van der Waals surface area contributed by atoms with Crippen molar-refractivity contribution in [1.82, 2.24) is 10.6 Å². The largest absolute Gasteiger partial charge is 0.481 e. The number of amides is 2. The molecule has 8 nitrogen and oxygen atoms in total. The number of carbonyl (C=O) groups excluding carboxylic acids is 2. The van der Waals surface area contributed by atoms with Gasteiger partial charge in [-0.15, -0.1) is 0 Å². The third kappa shape index (κ3) is 9.25. The molecule has 0 bridgehead atoms. The number of rotatable bonds is 8. The lowest BCUT2D eigenvalue weighted by atomic mass is 9.94. The van der Waals surface area contributed by atoms with Crippen LogP contribution in [-0.2, 0) is 20.9 Å². The van der Waals surface area contributed by atoms with Crippen molar-refractivity contribution in [3.8, 4) is 0 Å². The minimum absolute atomic E-state index is 0.0539. The zero-order valence-electron chi connectivity index (χ0n) is 17.0. The summed E-state index contributed by atoms with van der Waals surface area (Å²) >= 11 is 0. The van der Waals surface area contributed by atoms with E-state index in [4.69, 9.17) is 9.47 Å². The molecular weight excluding hydrogens is 364 g/mol. The number of hydrogen-bond donors (Lipinski definition) is 3. The highest BCUT2D eigenvalue weighted by Gasteiger charge is 2.31. The van der Waals surface area contributed by atoms with E-state index in [2.05, 4.69) is 10.6 Å². The topological polar surface area (TPSA) is 114 Å². The SMILES string of the molecule is CC(C)[C@H](NC(=O)OC(C)(C)C)[C@@H](CC(=O)O)NC(=O)OCc1ccccc1. The van der Waals surface area contributed by atoms with Crippen LogP contribution in [0.25, 0.3) is 0 Å². The summed E-state index contributed by atoms with van der Waals surface area (Å²) in [6.45, 7) is 8.86. The average molecular weight is 394 g/mol. The maximum atomic E-state index is 12.2. The quantitative estimate of drug-likeness (QED) is 0.623. The maximum Gasteiger partial charge on any atom is 0.407 e. The van der Waals surface area contributed by atoms with Crippen LogP contribution in [0, 0.1) is 5.92 Å². The first-order chi connectivity index (χ1) is 13.0. The summed E-state index contributed by atoms with van der Waals surface area (Å²) in [6, 6.07) is 7.59. The first kappa shape index (κ1) is 23.3. The van der Waals surface area contributed by atoms with E-state index in [0.717, 1.165) is 5.56 Å². The summed E-state index contributed by atoms with van der Waals surface area (Å²) in [4.78, 5) is 35.6. The summed E-state index contributed by atoms with van der Waals surface area (Å²) in [5.41, 5.74) is 0.107. The van der Waals surface area contributed by atoms with Gasteiger partial charge in [0.05, 0.1) is 18.5 Å². The predicted molar refractivity (Wildman–Crippen MR) is 104 cm³/mol. The Morgan fingerprint density at radius 1 is 1.04 bits per heavy atom. The van der Waals surface area contributed by atoms with Gasteiger partial charge in [-0.05, 0) is 32.3 Å². The summed E-state index contributed by atoms with van der Waals surface area (Å²) < 4.78 is 10.4. The third-order valence-corrected chi connectivity index (χ3v) is 3.75. The van der Waals surface area contributed by atoms with Crippen LogP contribution in [0.15, 0.2) is 30.3 Å². The van der Waals surface area contributed by atoms with Gasteiger partial charge in [-0.25, -0.2) is 9.59 Å². The number of hydrogen-bond acceptors (Lipinski definition) is 5. The molecule has 3 N–H and O–H groups in total. The van der Waals surface area contributed by atoms with Crippen molar-refractivity contribution < 1.29 is 29.0 Å². The molecule has 0 aromatic heterocycles. The number of nitrogens with one attached hydrogen (secondary N) is 2. The van der Waals surface area contributed by atoms with Crippen molar-refractivity contribution in [2.45, 2.75) is 65.3 Å². The highest BCUT2D eigenvalue weighted by molar-refractivity contribution is 5.73. The van der Waals surface area contributed by atoms with Crippen LogP contribution < -0.4 is 10.6 Å². The lowest BCUT2D eigenvalue weighted by Crippen LogP contribution is -2.55.